The van der Waals surface area contributed by atoms with E-state index in [2.05, 4.69) is 5.10 Å². The van der Waals surface area contributed by atoms with Crippen molar-refractivity contribution in [1.82, 2.24) is 14.7 Å². The number of hydrogen-bond donors (Lipinski definition) is 0. The molecular formula is C17H21N3O2. The van der Waals surface area contributed by atoms with Crippen LogP contribution >= 0.6 is 0 Å². The molecule has 0 atom stereocenters. The minimum Gasteiger partial charge on any atom is -0.336 e. The highest BCUT2D eigenvalue weighted by atomic mass is 16.2. The van der Waals surface area contributed by atoms with Crippen molar-refractivity contribution >= 4 is 11.7 Å². The Morgan fingerprint density at radius 2 is 1.68 bits per heavy atom. The Labute approximate surface area is 130 Å². The number of likely N-dealkylation sites (N-methyl/N-ethyl adjacent to an activating group) is 1. The van der Waals surface area contributed by atoms with Crippen LogP contribution in [-0.4, -0.2) is 39.5 Å². The largest absolute Gasteiger partial charge is 0.336 e. The second kappa shape index (κ2) is 6.56. The second-order valence-corrected chi connectivity index (χ2v) is 5.10. The van der Waals surface area contributed by atoms with Crippen LogP contribution in [0.3, 0.4) is 0 Å². The van der Waals surface area contributed by atoms with E-state index in [0.717, 1.165) is 5.69 Å². The van der Waals surface area contributed by atoms with Crippen molar-refractivity contribution in [2.75, 3.05) is 13.1 Å². The van der Waals surface area contributed by atoms with E-state index < -0.39 is 11.7 Å². The molecule has 1 amide bonds. The third-order valence-corrected chi connectivity index (χ3v) is 3.76. The van der Waals surface area contributed by atoms with Gasteiger partial charge in [0.2, 0.25) is 0 Å². The first-order valence-electron chi connectivity index (χ1n) is 7.46. The Morgan fingerprint density at radius 3 is 2.23 bits per heavy atom. The molecule has 0 saturated heterocycles. The second-order valence-electron chi connectivity index (χ2n) is 5.10. The molecule has 0 bridgehead atoms. The molecule has 0 radical (unpaired) electrons. The highest BCUT2D eigenvalue weighted by molar-refractivity contribution is 6.43. The van der Waals surface area contributed by atoms with Crippen LogP contribution in [0.25, 0.3) is 5.69 Å². The average molecular weight is 299 g/mol. The van der Waals surface area contributed by atoms with Crippen LogP contribution in [0.4, 0.5) is 0 Å². The summed E-state index contributed by atoms with van der Waals surface area (Å²) < 4.78 is 1.71. The van der Waals surface area contributed by atoms with E-state index >= 15 is 0 Å². The lowest BCUT2D eigenvalue weighted by Gasteiger charge is -2.17. The maximum atomic E-state index is 12.5. The quantitative estimate of drug-likeness (QED) is 0.630. The number of amides is 1. The maximum absolute atomic E-state index is 12.5. The molecule has 2 aromatic rings. The Bertz CT molecular complexity index is 685. The molecule has 0 aliphatic rings. The van der Waals surface area contributed by atoms with Gasteiger partial charge in [0, 0.05) is 13.1 Å². The van der Waals surface area contributed by atoms with Crippen molar-refractivity contribution in [3.8, 4) is 5.69 Å². The van der Waals surface area contributed by atoms with Crippen molar-refractivity contribution in [1.29, 1.82) is 0 Å². The fraction of sp³-hybridized carbons (Fsp3) is 0.353. The minimum absolute atomic E-state index is 0.403. The van der Waals surface area contributed by atoms with Gasteiger partial charge in [-0.25, -0.2) is 4.68 Å². The van der Waals surface area contributed by atoms with Crippen LogP contribution in [0, 0.1) is 13.8 Å². The monoisotopic (exact) mass is 299 g/mol. The van der Waals surface area contributed by atoms with Crippen molar-refractivity contribution in [3.05, 3.63) is 47.3 Å². The topological polar surface area (TPSA) is 55.2 Å². The van der Waals surface area contributed by atoms with Crippen LogP contribution < -0.4 is 0 Å². The van der Waals surface area contributed by atoms with E-state index in [-0.39, 0.29) is 0 Å². The van der Waals surface area contributed by atoms with Gasteiger partial charge < -0.3 is 4.90 Å². The Kier molecular flexibility index (Phi) is 4.75. The summed E-state index contributed by atoms with van der Waals surface area (Å²) in [7, 11) is 0. The number of benzene rings is 1. The number of nitrogens with zero attached hydrogens (tertiary/aromatic N) is 3. The molecule has 0 spiro atoms. The first-order chi connectivity index (χ1) is 10.5. The molecule has 22 heavy (non-hydrogen) atoms. The van der Waals surface area contributed by atoms with Crippen molar-refractivity contribution < 1.29 is 9.59 Å². The van der Waals surface area contributed by atoms with E-state index in [1.807, 2.05) is 51.1 Å². The van der Waals surface area contributed by atoms with Gasteiger partial charge in [-0.1, -0.05) is 18.2 Å². The van der Waals surface area contributed by atoms with Gasteiger partial charge in [-0.2, -0.15) is 5.10 Å². The molecule has 2 rings (SSSR count). The van der Waals surface area contributed by atoms with Crippen LogP contribution in [0.5, 0.6) is 0 Å². The molecule has 1 heterocycles. The third-order valence-electron chi connectivity index (χ3n) is 3.76. The van der Waals surface area contributed by atoms with Crippen molar-refractivity contribution in [2.24, 2.45) is 0 Å². The first kappa shape index (κ1) is 15.9. The van der Waals surface area contributed by atoms with E-state index in [1.54, 1.807) is 11.6 Å². The lowest BCUT2D eigenvalue weighted by atomic mass is 10.1. The van der Waals surface area contributed by atoms with Gasteiger partial charge in [0.25, 0.3) is 11.7 Å². The predicted molar refractivity (Wildman–Crippen MR) is 85.3 cm³/mol. The summed E-state index contributed by atoms with van der Waals surface area (Å²) in [5, 5.41) is 4.42. The van der Waals surface area contributed by atoms with Gasteiger partial charge in [-0.3, -0.25) is 9.59 Å². The highest BCUT2D eigenvalue weighted by Crippen LogP contribution is 2.19. The van der Waals surface area contributed by atoms with Crippen LogP contribution in [0.15, 0.2) is 30.3 Å². The molecular weight excluding hydrogens is 278 g/mol. The summed E-state index contributed by atoms with van der Waals surface area (Å²) in [6.07, 6.45) is 0. The normalized spacial score (nSPS) is 10.5. The highest BCUT2D eigenvalue weighted by Gasteiger charge is 2.27. The predicted octanol–water partition coefficient (Wildman–Crippen LogP) is 2.54. The zero-order valence-corrected chi connectivity index (χ0v) is 13.5. The minimum atomic E-state index is -0.485. The van der Waals surface area contributed by atoms with Crippen molar-refractivity contribution in [2.45, 2.75) is 27.7 Å². The first-order valence-corrected chi connectivity index (χ1v) is 7.46. The summed E-state index contributed by atoms with van der Waals surface area (Å²) in [5.41, 5.74) is 2.54. The molecule has 0 unspecified atom stereocenters. The van der Waals surface area contributed by atoms with Gasteiger partial charge >= 0.3 is 0 Å². The molecule has 0 N–H and O–H groups in total. The zero-order chi connectivity index (χ0) is 16.3. The van der Waals surface area contributed by atoms with Gasteiger partial charge in [-0.05, 0) is 39.8 Å². The number of para-hydroxylation sites is 1. The lowest BCUT2D eigenvalue weighted by molar-refractivity contribution is -0.126. The molecule has 0 saturated carbocycles. The van der Waals surface area contributed by atoms with Crippen LogP contribution in [-0.2, 0) is 4.79 Å². The lowest BCUT2D eigenvalue weighted by Crippen LogP contribution is -2.36. The number of rotatable bonds is 5. The fourth-order valence-corrected chi connectivity index (χ4v) is 2.55. The molecule has 1 aromatic heterocycles. The van der Waals surface area contributed by atoms with E-state index in [0.29, 0.717) is 30.0 Å². The van der Waals surface area contributed by atoms with Gasteiger partial charge in [0.1, 0.15) is 0 Å². The molecule has 0 aliphatic heterocycles. The van der Waals surface area contributed by atoms with Crippen molar-refractivity contribution in [3.63, 3.8) is 0 Å². The summed E-state index contributed by atoms with van der Waals surface area (Å²) in [6, 6.07) is 9.58. The van der Waals surface area contributed by atoms with E-state index in [1.165, 1.54) is 4.90 Å². The fourth-order valence-electron chi connectivity index (χ4n) is 2.55. The molecule has 0 fully saturated rings. The number of carbonyl (C=O) groups excluding carboxylic acids is 2. The molecule has 5 heteroatoms. The smallest absolute Gasteiger partial charge is 0.295 e. The summed E-state index contributed by atoms with van der Waals surface area (Å²) in [5.74, 6) is -0.954. The average Bonchev–Trinajstić information content (AvgIpc) is 2.83. The van der Waals surface area contributed by atoms with Crippen LogP contribution in [0.1, 0.15) is 35.6 Å². The molecule has 0 aliphatic carbocycles. The van der Waals surface area contributed by atoms with Crippen LogP contribution in [0.2, 0.25) is 0 Å². The Morgan fingerprint density at radius 1 is 1.09 bits per heavy atom. The van der Waals surface area contributed by atoms with E-state index in [9.17, 15) is 9.59 Å². The maximum Gasteiger partial charge on any atom is 0.295 e. The number of carbonyl (C=O) groups is 2. The molecule has 1 aromatic carbocycles. The SMILES string of the molecule is CCN(CC)C(=O)C(=O)c1c(C)nn(-c2ccccc2)c1C. The van der Waals surface area contributed by atoms with E-state index in [4.69, 9.17) is 0 Å². The van der Waals surface area contributed by atoms with Gasteiger partial charge in [0.15, 0.2) is 0 Å². The Balaban J connectivity index is 2.43. The summed E-state index contributed by atoms with van der Waals surface area (Å²) >= 11 is 0. The summed E-state index contributed by atoms with van der Waals surface area (Å²) in [6.45, 7) is 8.34. The Hall–Kier alpha value is -2.43. The summed E-state index contributed by atoms with van der Waals surface area (Å²) in [4.78, 5) is 26.4. The number of Topliss-reactive ketones (excluding diaryl/α,β-unsaturated/α-hetero) is 1. The third kappa shape index (κ3) is 2.79. The number of aromatic nitrogens is 2. The van der Waals surface area contributed by atoms with Gasteiger partial charge in [0.05, 0.1) is 22.6 Å². The zero-order valence-electron chi connectivity index (χ0n) is 13.5. The molecule has 116 valence electrons. The van der Waals surface area contributed by atoms with Gasteiger partial charge in [-0.15, -0.1) is 0 Å². The number of hydrogen-bond acceptors (Lipinski definition) is 3. The molecule has 5 nitrogen and oxygen atoms in total. The standard InChI is InChI=1S/C17H21N3O2/c1-5-19(6-2)17(22)16(21)15-12(3)18-20(13(15)4)14-10-8-7-9-11-14/h7-11H,5-6H2,1-4H3. The number of ketones is 1. The number of aryl methyl sites for hydroxylation is 1.